The maximum atomic E-state index is 10.8. The van der Waals surface area contributed by atoms with Crippen LogP contribution in [0.15, 0.2) is 47.3 Å². The van der Waals surface area contributed by atoms with Crippen molar-refractivity contribution in [2.24, 2.45) is 0 Å². The van der Waals surface area contributed by atoms with Gasteiger partial charge in [0.25, 0.3) is 0 Å². The Balaban J connectivity index is 2.18. The summed E-state index contributed by atoms with van der Waals surface area (Å²) in [7, 11) is 0. The van der Waals surface area contributed by atoms with E-state index in [4.69, 9.17) is 0 Å². The molecule has 76 valence electrons. The smallest absolute Gasteiger partial charge is 0.353 e. The molecule has 2 aliphatic rings. The van der Waals surface area contributed by atoms with Crippen molar-refractivity contribution in [3.63, 3.8) is 0 Å². The van der Waals surface area contributed by atoms with E-state index in [1.165, 1.54) is 6.08 Å². The summed E-state index contributed by atoms with van der Waals surface area (Å²) < 4.78 is 4.19. The first-order chi connectivity index (χ1) is 7.16. The highest BCUT2D eigenvalue weighted by Crippen LogP contribution is 2.15. The second-order valence-corrected chi connectivity index (χ2v) is 3.23. The molecule has 1 saturated heterocycles. The minimum Gasteiger partial charge on any atom is -0.385 e. The highest BCUT2D eigenvalue weighted by atomic mass is 16.6. The van der Waals surface area contributed by atoms with E-state index in [0.29, 0.717) is 0 Å². The van der Waals surface area contributed by atoms with Crippen LogP contribution in [0.2, 0.25) is 0 Å². The lowest BCUT2D eigenvalue weighted by Crippen LogP contribution is -2.31. The van der Waals surface area contributed by atoms with E-state index >= 15 is 0 Å². The number of hydrogen-bond donors (Lipinski definition) is 1. The quantitative estimate of drug-likeness (QED) is 0.298. The van der Waals surface area contributed by atoms with Crippen molar-refractivity contribution in [2.45, 2.75) is 6.92 Å². The van der Waals surface area contributed by atoms with Gasteiger partial charge in [-0.15, -0.1) is 0 Å². The highest BCUT2D eigenvalue weighted by molar-refractivity contribution is 6.26. The second kappa shape index (κ2) is 3.57. The molecule has 0 spiro atoms. The highest BCUT2D eigenvalue weighted by Gasteiger charge is 2.33. The molecular formula is C11H9NO3. The summed E-state index contributed by atoms with van der Waals surface area (Å²) >= 11 is 0. The molecule has 0 aliphatic carbocycles. The van der Waals surface area contributed by atoms with E-state index in [0.717, 1.165) is 11.3 Å². The fourth-order valence-corrected chi connectivity index (χ4v) is 1.26. The Kier molecular flexibility index (Phi) is 2.25. The van der Waals surface area contributed by atoms with Gasteiger partial charge in [0.05, 0.1) is 0 Å². The summed E-state index contributed by atoms with van der Waals surface area (Å²) in [5.74, 6) is -1.12. The number of esters is 2. The maximum Gasteiger partial charge on any atom is 0.353 e. The number of allylic oxidation sites excluding steroid dienone is 6. The molecule has 2 rings (SSSR count). The fraction of sp³-hybridized carbons (Fsp3) is 0.0909. The summed E-state index contributed by atoms with van der Waals surface area (Å²) in [6, 6.07) is 0. The van der Waals surface area contributed by atoms with Crippen LogP contribution in [0.25, 0.3) is 0 Å². The van der Waals surface area contributed by atoms with E-state index in [1.54, 1.807) is 12.3 Å². The predicted molar refractivity (Wildman–Crippen MR) is 53.3 cm³/mol. The molecule has 0 aromatic heterocycles. The maximum absolute atomic E-state index is 10.8. The molecule has 1 N–H and O–H groups in total. The van der Waals surface area contributed by atoms with E-state index in [-0.39, 0.29) is 5.57 Å². The van der Waals surface area contributed by atoms with Crippen molar-refractivity contribution in [3.8, 4) is 0 Å². The third-order valence-electron chi connectivity index (χ3n) is 2.04. The van der Waals surface area contributed by atoms with Gasteiger partial charge in [-0.3, -0.25) is 0 Å². The fourth-order valence-electron chi connectivity index (χ4n) is 1.26. The number of rotatable bonds is 1. The van der Waals surface area contributed by atoms with Crippen LogP contribution in [0.1, 0.15) is 6.92 Å². The van der Waals surface area contributed by atoms with Gasteiger partial charge >= 0.3 is 11.9 Å². The van der Waals surface area contributed by atoms with Crippen LogP contribution in [0.3, 0.4) is 0 Å². The Morgan fingerprint density at radius 1 is 1.27 bits per heavy atom. The monoisotopic (exact) mass is 203 g/mol. The van der Waals surface area contributed by atoms with E-state index in [1.807, 2.05) is 19.1 Å². The van der Waals surface area contributed by atoms with Crippen LogP contribution < -0.4 is 5.32 Å². The van der Waals surface area contributed by atoms with Crippen LogP contribution in [0.5, 0.6) is 0 Å². The van der Waals surface area contributed by atoms with Gasteiger partial charge in [0, 0.05) is 11.9 Å². The van der Waals surface area contributed by atoms with Crippen molar-refractivity contribution in [1.29, 1.82) is 0 Å². The Morgan fingerprint density at radius 2 is 2.00 bits per heavy atom. The number of carbonyl (C=O) groups is 2. The molecule has 15 heavy (non-hydrogen) atoms. The minimum absolute atomic E-state index is 0.0977. The molecule has 4 heteroatoms. The molecule has 0 aromatic carbocycles. The topological polar surface area (TPSA) is 55.4 Å². The molecule has 0 unspecified atom stereocenters. The van der Waals surface area contributed by atoms with E-state index < -0.39 is 11.9 Å². The SMILES string of the molecule is CC1=CC(=CC=C2C(=O)OC2=O)C=CN1. The molecule has 2 aliphatic heterocycles. The first kappa shape index (κ1) is 9.45. The second-order valence-electron chi connectivity index (χ2n) is 3.23. The van der Waals surface area contributed by atoms with Gasteiger partial charge < -0.3 is 10.1 Å². The van der Waals surface area contributed by atoms with Crippen LogP contribution in [0.4, 0.5) is 0 Å². The number of nitrogens with one attached hydrogen (secondary N) is 1. The van der Waals surface area contributed by atoms with Gasteiger partial charge in [0.2, 0.25) is 0 Å². The van der Waals surface area contributed by atoms with Crippen LogP contribution >= 0.6 is 0 Å². The predicted octanol–water partition coefficient (Wildman–Crippen LogP) is 0.943. The van der Waals surface area contributed by atoms with Crippen LogP contribution in [-0.2, 0) is 14.3 Å². The summed E-state index contributed by atoms with van der Waals surface area (Å²) in [5.41, 5.74) is 2.02. The Morgan fingerprint density at radius 3 is 2.60 bits per heavy atom. The summed E-state index contributed by atoms with van der Waals surface area (Å²) in [6.07, 6.45) is 8.72. The normalized spacial score (nSPS) is 21.8. The zero-order chi connectivity index (χ0) is 10.8. The Bertz CT molecular complexity index is 436. The van der Waals surface area contributed by atoms with Crippen molar-refractivity contribution < 1.29 is 14.3 Å². The third-order valence-corrected chi connectivity index (χ3v) is 2.04. The van der Waals surface area contributed by atoms with Gasteiger partial charge in [-0.2, -0.15) is 0 Å². The first-order valence-corrected chi connectivity index (χ1v) is 4.47. The average Bonchev–Trinajstić information content (AvgIpc) is 2.18. The van der Waals surface area contributed by atoms with Crippen molar-refractivity contribution in [2.75, 3.05) is 0 Å². The van der Waals surface area contributed by atoms with Gasteiger partial charge in [-0.25, -0.2) is 9.59 Å². The largest absolute Gasteiger partial charge is 0.385 e. The lowest BCUT2D eigenvalue weighted by atomic mass is 10.1. The lowest BCUT2D eigenvalue weighted by Gasteiger charge is -2.12. The number of cyclic esters (lactones) is 2. The zero-order valence-electron chi connectivity index (χ0n) is 8.11. The molecule has 0 amide bonds. The van der Waals surface area contributed by atoms with Crippen LogP contribution in [0, 0.1) is 0 Å². The lowest BCUT2D eigenvalue weighted by molar-refractivity contribution is -0.165. The standard InChI is InChI=1S/C11H9NO3/c1-7-6-8(4-5-12-7)2-3-9-10(13)15-11(9)14/h2-6,12H,1H3. The van der Waals surface area contributed by atoms with Gasteiger partial charge in [-0.1, -0.05) is 6.08 Å². The number of ether oxygens (including phenoxy) is 1. The molecule has 2 heterocycles. The number of carbonyl (C=O) groups excluding carboxylic acids is 2. The Labute approximate surface area is 86.6 Å². The minimum atomic E-state index is -0.560. The van der Waals surface area contributed by atoms with Gasteiger partial charge in [0.15, 0.2) is 0 Å². The molecule has 0 bridgehead atoms. The average molecular weight is 203 g/mol. The molecule has 4 nitrogen and oxygen atoms in total. The third kappa shape index (κ3) is 1.88. The summed E-state index contributed by atoms with van der Waals surface area (Å²) in [6.45, 7) is 1.92. The number of dihydropyridines is 1. The van der Waals surface area contributed by atoms with Gasteiger partial charge in [0.1, 0.15) is 5.57 Å². The molecule has 0 radical (unpaired) electrons. The molecule has 1 fully saturated rings. The van der Waals surface area contributed by atoms with Crippen molar-refractivity contribution in [1.82, 2.24) is 5.32 Å². The molecule has 0 aromatic rings. The van der Waals surface area contributed by atoms with Gasteiger partial charge in [-0.05, 0) is 30.7 Å². The van der Waals surface area contributed by atoms with Crippen LogP contribution in [-0.4, -0.2) is 11.9 Å². The molecule has 0 atom stereocenters. The molecule has 0 saturated carbocycles. The summed E-state index contributed by atoms with van der Waals surface area (Å²) in [4.78, 5) is 21.6. The van der Waals surface area contributed by atoms with Crippen molar-refractivity contribution in [3.05, 3.63) is 47.3 Å². The van der Waals surface area contributed by atoms with Crippen molar-refractivity contribution >= 4 is 11.9 Å². The van der Waals surface area contributed by atoms with E-state index in [9.17, 15) is 9.59 Å². The molecular weight excluding hydrogens is 194 g/mol. The Hall–Kier alpha value is -2.10. The zero-order valence-corrected chi connectivity index (χ0v) is 8.11. The van der Waals surface area contributed by atoms with E-state index in [2.05, 4.69) is 10.1 Å². The first-order valence-electron chi connectivity index (χ1n) is 4.47. The summed E-state index contributed by atoms with van der Waals surface area (Å²) in [5, 5.41) is 3.01. The number of hydrogen-bond acceptors (Lipinski definition) is 4.